The summed E-state index contributed by atoms with van der Waals surface area (Å²) >= 11 is 11.4. The summed E-state index contributed by atoms with van der Waals surface area (Å²) in [5, 5.41) is 7.12. The number of halogens is 1. The second-order valence-electron chi connectivity index (χ2n) is 6.00. The summed E-state index contributed by atoms with van der Waals surface area (Å²) in [7, 11) is 0. The smallest absolute Gasteiger partial charge is 0.232 e. The topological polar surface area (TPSA) is 53.1 Å². The van der Waals surface area contributed by atoms with Crippen LogP contribution in [0.4, 0.5) is 11.8 Å². The molecule has 0 saturated carbocycles. The summed E-state index contributed by atoms with van der Waals surface area (Å²) in [6, 6.07) is 1.82. The van der Waals surface area contributed by atoms with Crippen molar-refractivity contribution in [1.29, 1.82) is 0 Å². The molecule has 2 heterocycles. The zero-order chi connectivity index (χ0) is 15.9. The monoisotopic (exact) mass is 341 g/mol. The van der Waals surface area contributed by atoms with Gasteiger partial charge in [-0.3, -0.25) is 0 Å². The fourth-order valence-electron chi connectivity index (χ4n) is 2.37. The highest BCUT2D eigenvalue weighted by Gasteiger charge is 2.14. The number of rotatable bonds is 4. The zero-order valence-corrected chi connectivity index (χ0v) is 14.8. The van der Waals surface area contributed by atoms with Crippen molar-refractivity contribution in [2.75, 3.05) is 29.9 Å². The molecule has 0 amide bonds. The summed E-state index contributed by atoms with van der Waals surface area (Å²) in [6.45, 7) is 7.10. The van der Waals surface area contributed by atoms with E-state index in [1.54, 1.807) is 0 Å². The highest BCUT2D eigenvalue weighted by Crippen LogP contribution is 2.21. The molecule has 0 aliphatic carbocycles. The maximum atomic E-state index is 6.14. The minimum atomic E-state index is 0.434. The standard InChI is InChI=1S/C15H24ClN5S/c1-11(2)10-17-15(22)20-14-18-12(16)9-13(19-14)21-7-5-3-4-6-8-21/h9,11H,3-8,10H2,1-2H3,(H2,17,18,19,20,22). The average Bonchev–Trinajstić information content (AvgIpc) is 2.73. The molecule has 0 aromatic carbocycles. The molecule has 0 unspecified atom stereocenters. The van der Waals surface area contributed by atoms with Gasteiger partial charge in [-0.15, -0.1) is 0 Å². The van der Waals surface area contributed by atoms with Gasteiger partial charge in [-0.2, -0.15) is 4.98 Å². The molecule has 122 valence electrons. The Morgan fingerprint density at radius 2 is 1.95 bits per heavy atom. The first kappa shape index (κ1) is 17.2. The van der Waals surface area contributed by atoms with Crippen molar-refractivity contribution in [3.8, 4) is 0 Å². The summed E-state index contributed by atoms with van der Waals surface area (Å²) < 4.78 is 0. The van der Waals surface area contributed by atoms with Crippen LogP contribution in [-0.4, -0.2) is 34.7 Å². The molecule has 1 fully saturated rings. The zero-order valence-electron chi connectivity index (χ0n) is 13.2. The molecule has 22 heavy (non-hydrogen) atoms. The van der Waals surface area contributed by atoms with E-state index in [1.165, 1.54) is 25.7 Å². The van der Waals surface area contributed by atoms with Crippen LogP contribution in [0.2, 0.25) is 5.15 Å². The van der Waals surface area contributed by atoms with E-state index in [9.17, 15) is 0 Å². The molecule has 5 nitrogen and oxygen atoms in total. The first-order valence-electron chi connectivity index (χ1n) is 7.89. The molecule has 0 spiro atoms. The quantitative estimate of drug-likeness (QED) is 0.646. The molecule has 0 atom stereocenters. The predicted octanol–water partition coefficient (Wildman–Crippen LogP) is 3.45. The molecule has 2 N–H and O–H groups in total. The van der Waals surface area contributed by atoms with Gasteiger partial charge in [0.25, 0.3) is 0 Å². The Morgan fingerprint density at radius 3 is 2.59 bits per heavy atom. The lowest BCUT2D eigenvalue weighted by molar-refractivity contribution is 0.627. The maximum absolute atomic E-state index is 6.14. The van der Waals surface area contributed by atoms with Crippen molar-refractivity contribution < 1.29 is 0 Å². The molecule has 1 aromatic heterocycles. The third kappa shape index (κ3) is 5.57. The van der Waals surface area contributed by atoms with Crippen LogP contribution in [-0.2, 0) is 0 Å². The van der Waals surface area contributed by atoms with Gasteiger partial charge in [-0.05, 0) is 31.0 Å². The Kier molecular flexibility index (Phi) is 6.64. The van der Waals surface area contributed by atoms with Crippen LogP contribution in [0.3, 0.4) is 0 Å². The fourth-order valence-corrected chi connectivity index (χ4v) is 2.72. The molecule has 7 heteroatoms. The van der Waals surface area contributed by atoms with E-state index in [0.29, 0.717) is 22.1 Å². The van der Waals surface area contributed by atoms with Crippen LogP contribution < -0.4 is 15.5 Å². The fraction of sp³-hybridized carbons (Fsp3) is 0.667. The van der Waals surface area contributed by atoms with Gasteiger partial charge in [0, 0.05) is 25.7 Å². The third-order valence-corrected chi connectivity index (χ3v) is 3.95. The molecule has 1 aromatic rings. The summed E-state index contributed by atoms with van der Waals surface area (Å²) in [5.41, 5.74) is 0. The SMILES string of the molecule is CC(C)CNC(=S)Nc1nc(Cl)cc(N2CCCCCC2)n1. The molecule has 2 rings (SSSR count). The van der Waals surface area contributed by atoms with Crippen molar-refractivity contribution in [3.05, 3.63) is 11.2 Å². The molecule has 0 bridgehead atoms. The van der Waals surface area contributed by atoms with Gasteiger partial charge >= 0.3 is 0 Å². The lowest BCUT2D eigenvalue weighted by Gasteiger charge is -2.22. The van der Waals surface area contributed by atoms with E-state index >= 15 is 0 Å². The molecule has 1 aliphatic rings. The Morgan fingerprint density at radius 1 is 1.27 bits per heavy atom. The van der Waals surface area contributed by atoms with E-state index < -0.39 is 0 Å². The van der Waals surface area contributed by atoms with Crippen molar-refractivity contribution in [2.24, 2.45) is 5.92 Å². The van der Waals surface area contributed by atoms with E-state index in [-0.39, 0.29) is 0 Å². The van der Waals surface area contributed by atoms with Crippen LogP contribution in [0, 0.1) is 5.92 Å². The minimum Gasteiger partial charge on any atom is -0.362 e. The lowest BCUT2D eigenvalue weighted by atomic mass is 10.2. The number of thiocarbonyl (C=S) groups is 1. The van der Waals surface area contributed by atoms with Crippen LogP contribution >= 0.6 is 23.8 Å². The van der Waals surface area contributed by atoms with Gasteiger partial charge in [0.05, 0.1) is 0 Å². The van der Waals surface area contributed by atoms with Gasteiger partial charge in [0.15, 0.2) is 5.11 Å². The number of hydrogen-bond acceptors (Lipinski definition) is 4. The third-order valence-electron chi connectivity index (χ3n) is 3.51. The van der Waals surface area contributed by atoms with Gasteiger partial charge in [0.2, 0.25) is 5.95 Å². The van der Waals surface area contributed by atoms with Crippen LogP contribution in [0.15, 0.2) is 6.07 Å². The van der Waals surface area contributed by atoms with Gasteiger partial charge in [-0.25, -0.2) is 4.98 Å². The second kappa shape index (κ2) is 8.48. The highest BCUT2D eigenvalue weighted by atomic mass is 35.5. The van der Waals surface area contributed by atoms with Crippen molar-refractivity contribution >= 4 is 40.7 Å². The Labute approximate surface area is 142 Å². The second-order valence-corrected chi connectivity index (χ2v) is 6.80. The van der Waals surface area contributed by atoms with Crippen LogP contribution in [0.5, 0.6) is 0 Å². The number of hydrogen-bond donors (Lipinski definition) is 2. The molecular formula is C15H24ClN5S. The number of nitrogens with zero attached hydrogens (tertiary/aromatic N) is 3. The number of anilines is 2. The van der Waals surface area contributed by atoms with E-state index in [2.05, 4.69) is 39.3 Å². The molecular weight excluding hydrogens is 318 g/mol. The minimum absolute atomic E-state index is 0.434. The summed E-state index contributed by atoms with van der Waals surface area (Å²) in [6.07, 6.45) is 4.95. The largest absolute Gasteiger partial charge is 0.362 e. The van der Waals surface area contributed by atoms with E-state index in [4.69, 9.17) is 23.8 Å². The first-order chi connectivity index (χ1) is 10.5. The van der Waals surface area contributed by atoms with E-state index in [0.717, 1.165) is 25.5 Å². The van der Waals surface area contributed by atoms with Crippen molar-refractivity contribution in [1.82, 2.24) is 15.3 Å². The summed E-state index contributed by atoms with van der Waals surface area (Å²) in [5.74, 6) is 1.84. The van der Waals surface area contributed by atoms with Crippen molar-refractivity contribution in [2.45, 2.75) is 39.5 Å². The number of aromatic nitrogens is 2. The van der Waals surface area contributed by atoms with Crippen molar-refractivity contribution in [3.63, 3.8) is 0 Å². The Bertz CT molecular complexity index is 501. The van der Waals surface area contributed by atoms with Gasteiger partial charge in [0.1, 0.15) is 11.0 Å². The van der Waals surface area contributed by atoms with E-state index in [1.807, 2.05) is 6.07 Å². The summed E-state index contributed by atoms with van der Waals surface area (Å²) in [4.78, 5) is 11.0. The van der Waals surface area contributed by atoms with Gasteiger partial charge < -0.3 is 15.5 Å². The lowest BCUT2D eigenvalue weighted by Crippen LogP contribution is -2.32. The Balaban J connectivity index is 2.04. The molecule has 1 saturated heterocycles. The normalized spacial score (nSPS) is 15.5. The van der Waals surface area contributed by atoms with Crippen LogP contribution in [0.1, 0.15) is 39.5 Å². The highest BCUT2D eigenvalue weighted by molar-refractivity contribution is 7.80. The number of nitrogens with one attached hydrogen (secondary N) is 2. The first-order valence-corrected chi connectivity index (χ1v) is 8.67. The average molecular weight is 342 g/mol. The molecule has 0 radical (unpaired) electrons. The Hall–Kier alpha value is -1.14. The van der Waals surface area contributed by atoms with Gasteiger partial charge in [-0.1, -0.05) is 38.3 Å². The predicted molar refractivity (Wildman–Crippen MR) is 96.8 cm³/mol. The van der Waals surface area contributed by atoms with Crippen LogP contribution in [0.25, 0.3) is 0 Å². The molecule has 1 aliphatic heterocycles. The maximum Gasteiger partial charge on any atom is 0.232 e.